The number of amides is 1. The monoisotopic (exact) mass is 331 g/mol. The number of nitrogens with one attached hydrogen (secondary N) is 2. The van der Waals surface area contributed by atoms with Crippen molar-refractivity contribution < 1.29 is 19.4 Å². The normalized spacial score (nSPS) is 10.2. The molecule has 0 spiro atoms. The van der Waals surface area contributed by atoms with Gasteiger partial charge in [-0.05, 0) is 30.7 Å². The minimum Gasteiger partial charge on any atom is -0.486 e. The molecule has 1 heterocycles. The molecule has 0 fully saturated rings. The molecule has 0 atom stereocenters. The molecule has 24 heavy (non-hydrogen) atoms. The number of aromatic amines is 1. The van der Waals surface area contributed by atoms with Gasteiger partial charge >= 0.3 is 5.97 Å². The van der Waals surface area contributed by atoms with Crippen molar-refractivity contribution in [3.8, 4) is 5.75 Å². The lowest BCUT2D eigenvalue weighted by Gasteiger charge is -2.07. The Morgan fingerprint density at radius 3 is 2.58 bits per heavy atom. The maximum absolute atomic E-state index is 11.8. The van der Waals surface area contributed by atoms with Gasteiger partial charge in [-0.25, -0.2) is 4.98 Å². The van der Waals surface area contributed by atoms with E-state index in [1.165, 1.54) is 13.1 Å². The van der Waals surface area contributed by atoms with Crippen molar-refractivity contribution in [2.45, 2.75) is 26.4 Å². The summed E-state index contributed by atoms with van der Waals surface area (Å²) in [6.07, 6.45) is 1.37. The van der Waals surface area contributed by atoms with Gasteiger partial charge in [0.2, 0.25) is 5.91 Å². The lowest BCUT2D eigenvalue weighted by atomic mass is 10.2. The predicted molar refractivity (Wildman–Crippen MR) is 85.9 cm³/mol. The molecule has 0 saturated heterocycles. The Kier molecular flexibility index (Phi) is 5.67. The average molecular weight is 331 g/mol. The Balaban J connectivity index is 1.94. The SMILES string of the molecule is CC(=O)Nc1ccc(OCc2ncc(CCC(=O)O)c(=O)[nH]2)cc1. The fraction of sp³-hybridized carbons (Fsp3) is 0.250. The first-order valence-electron chi connectivity index (χ1n) is 7.23. The van der Waals surface area contributed by atoms with E-state index in [-0.39, 0.29) is 30.9 Å². The van der Waals surface area contributed by atoms with Crippen LogP contribution in [0.3, 0.4) is 0 Å². The predicted octanol–water partition coefficient (Wildman–Crippen LogP) is 1.32. The first-order chi connectivity index (χ1) is 11.4. The van der Waals surface area contributed by atoms with Crippen LogP contribution < -0.4 is 15.6 Å². The zero-order chi connectivity index (χ0) is 17.5. The third-order valence-corrected chi connectivity index (χ3v) is 3.08. The highest BCUT2D eigenvalue weighted by Gasteiger charge is 2.06. The molecule has 0 aliphatic carbocycles. The molecule has 2 rings (SSSR count). The van der Waals surface area contributed by atoms with Crippen molar-refractivity contribution in [1.29, 1.82) is 0 Å². The first kappa shape index (κ1) is 17.2. The summed E-state index contributed by atoms with van der Waals surface area (Å²) < 4.78 is 5.51. The Labute approximate surface area is 137 Å². The quantitative estimate of drug-likeness (QED) is 0.703. The van der Waals surface area contributed by atoms with E-state index in [1.54, 1.807) is 24.3 Å². The van der Waals surface area contributed by atoms with Crippen LogP contribution >= 0.6 is 0 Å². The molecule has 0 saturated carbocycles. The van der Waals surface area contributed by atoms with E-state index in [4.69, 9.17) is 9.84 Å². The minimum absolute atomic E-state index is 0.0634. The number of carboxylic acid groups (broad SMARTS) is 1. The maximum atomic E-state index is 11.8. The molecule has 1 aromatic heterocycles. The van der Waals surface area contributed by atoms with Gasteiger partial charge in [-0.2, -0.15) is 0 Å². The summed E-state index contributed by atoms with van der Waals surface area (Å²) in [4.78, 5) is 39.9. The number of ether oxygens (including phenoxy) is 1. The molecular formula is C16H17N3O5. The molecule has 0 bridgehead atoms. The van der Waals surface area contributed by atoms with Crippen molar-refractivity contribution in [2.24, 2.45) is 0 Å². The fourth-order valence-electron chi connectivity index (χ4n) is 1.94. The highest BCUT2D eigenvalue weighted by atomic mass is 16.5. The number of carboxylic acids is 1. The maximum Gasteiger partial charge on any atom is 0.303 e. The summed E-state index contributed by atoms with van der Waals surface area (Å²) in [7, 11) is 0. The van der Waals surface area contributed by atoms with E-state index in [9.17, 15) is 14.4 Å². The summed E-state index contributed by atoms with van der Waals surface area (Å²) in [5.74, 6) is -0.232. The van der Waals surface area contributed by atoms with E-state index in [0.717, 1.165) is 0 Å². The summed E-state index contributed by atoms with van der Waals surface area (Å²) >= 11 is 0. The number of aromatic nitrogens is 2. The average Bonchev–Trinajstić information content (AvgIpc) is 2.52. The summed E-state index contributed by atoms with van der Waals surface area (Å²) in [5, 5.41) is 11.3. The second kappa shape index (κ2) is 7.91. The lowest BCUT2D eigenvalue weighted by Crippen LogP contribution is -2.18. The summed E-state index contributed by atoms with van der Waals surface area (Å²) in [6.45, 7) is 1.49. The zero-order valence-electron chi connectivity index (χ0n) is 13.0. The van der Waals surface area contributed by atoms with Crippen LogP contribution in [0.4, 0.5) is 5.69 Å². The Morgan fingerprint density at radius 1 is 1.29 bits per heavy atom. The van der Waals surface area contributed by atoms with Crippen molar-refractivity contribution in [2.75, 3.05) is 5.32 Å². The van der Waals surface area contributed by atoms with Gasteiger partial charge in [0.1, 0.15) is 18.2 Å². The number of nitrogens with zero attached hydrogens (tertiary/aromatic N) is 1. The van der Waals surface area contributed by atoms with Crippen molar-refractivity contribution in [3.05, 3.63) is 52.2 Å². The van der Waals surface area contributed by atoms with Crippen LogP contribution in [0, 0.1) is 0 Å². The van der Waals surface area contributed by atoms with Gasteiger partial charge in [-0.15, -0.1) is 0 Å². The number of aliphatic carboxylic acids is 1. The number of H-pyrrole nitrogens is 1. The van der Waals surface area contributed by atoms with Crippen LogP contribution in [-0.4, -0.2) is 27.0 Å². The molecular weight excluding hydrogens is 314 g/mol. The summed E-state index contributed by atoms with van der Waals surface area (Å²) in [5.41, 5.74) is 0.607. The molecule has 8 heteroatoms. The Morgan fingerprint density at radius 2 is 2.00 bits per heavy atom. The molecule has 0 aliphatic heterocycles. The number of aryl methyl sites for hydroxylation is 1. The van der Waals surface area contributed by atoms with Gasteiger partial charge in [-0.1, -0.05) is 0 Å². The van der Waals surface area contributed by atoms with Gasteiger partial charge < -0.3 is 20.1 Å². The van der Waals surface area contributed by atoms with Crippen LogP contribution in [-0.2, 0) is 22.6 Å². The van der Waals surface area contributed by atoms with Crippen molar-refractivity contribution >= 4 is 17.6 Å². The molecule has 0 aliphatic rings. The van der Waals surface area contributed by atoms with Crippen LogP contribution in [0.25, 0.3) is 0 Å². The van der Waals surface area contributed by atoms with E-state index in [0.29, 0.717) is 22.8 Å². The minimum atomic E-state index is -0.968. The molecule has 3 N–H and O–H groups in total. The third kappa shape index (κ3) is 5.24. The first-order valence-corrected chi connectivity index (χ1v) is 7.23. The standard InChI is InChI=1S/C16H17N3O5/c1-10(20)18-12-3-5-13(6-4-12)24-9-14-17-8-11(16(23)19-14)2-7-15(21)22/h3-6,8H,2,7,9H2,1H3,(H,18,20)(H,21,22)(H,17,19,23). The number of anilines is 1. The lowest BCUT2D eigenvalue weighted by molar-refractivity contribution is -0.137. The zero-order valence-corrected chi connectivity index (χ0v) is 13.0. The topological polar surface area (TPSA) is 121 Å². The Hall–Kier alpha value is -3.16. The van der Waals surface area contributed by atoms with E-state index in [1.807, 2.05) is 0 Å². The second-order valence-electron chi connectivity index (χ2n) is 5.07. The van der Waals surface area contributed by atoms with Gasteiger partial charge in [0.15, 0.2) is 0 Å². The van der Waals surface area contributed by atoms with Crippen LogP contribution in [0.15, 0.2) is 35.3 Å². The van der Waals surface area contributed by atoms with Crippen LogP contribution in [0.1, 0.15) is 24.7 Å². The Bertz CT molecular complexity index is 783. The van der Waals surface area contributed by atoms with Gasteiger partial charge in [-0.3, -0.25) is 14.4 Å². The molecule has 0 unspecified atom stereocenters. The highest BCUT2D eigenvalue weighted by molar-refractivity contribution is 5.88. The number of hydrogen-bond donors (Lipinski definition) is 3. The highest BCUT2D eigenvalue weighted by Crippen LogP contribution is 2.16. The molecule has 0 radical (unpaired) electrons. The van der Waals surface area contributed by atoms with E-state index < -0.39 is 5.97 Å². The van der Waals surface area contributed by atoms with Gasteiger partial charge in [0.25, 0.3) is 5.56 Å². The third-order valence-electron chi connectivity index (χ3n) is 3.08. The molecule has 1 aromatic carbocycles. The largest absolute Gasteiger partial charge is 0.486 e. The van der Waals surface area contributed by atoms with E-state index in [2.05, 4.69) is 15.3 Å². The van der Waals surface area contributed by atoms with Crippen LogP contribution in [0.2, 0.25) is 0 Å². The molecule has 2 aromatic rings. The molecule has 8 nitrogen and oxygen atoms in total. The van der Waals surface area contributed by atoms with Crippen molar-refractivity contribution in [3.63, 3.8) is 0 Å². The van der Waals surface area contributed by atoms with Gasteiger partial charge in [0, 0.05) is 30.8 Å². The van der Waals surface area contributed by atoms with E-state index >= 15 is 0 Å². The second-order valence-corrected chi connectivity index (χ2v) is 5.07. The molecule has 126 valence electrons. The van der Waals surface area contributed by atoms with Gasteiger partial charge in [0.05, 0.1) is 0 Å². The number of carbonyl (C=O) groups excluding carboxylic acids is 1. The number of benzene rings is 1. The smallest absolute Gasteiger partial charge is 0.303 e. The number of rotatable bonds is 7. The molecule has 1 amide bonds. The number of carbonyl (C=O) groups is 2. The van der Waals surface area contributed by atoms with Crippen molar-refractivity contribution in [1.82, 2.24) is 9.97 Å². The number of hydrogen-bond acceptors (Lipinski definition) is 5. The van der Waals surface area contributed by atoms with Crippen LogP contribution in [0.5, 0.6) is 5.75 Å². The summed E-state index contributed by atoms with van der Waals surface area (Å²) in [6, 6.07) is 6.76. The fourth-order valence-corrected chi connectivity index (χ4v) is 1.94.